The van der Waals surface area contributed by atoms with Gasteiger partial charge < -0.3 is 15.5 Å². The number of nitrogens with one attached hydrogen (secondary N) is 1. The molecule has 0 saturated carbocycles. The molecule has 0 saturated heterocycles. The molecule has 0 aromatic heterocycles. The number of allylic oxidation sites excluding steroid dienone is 6. The number of unbranched alkanes of at least 4 members (excludes halogenated alkanes) is 23. The normalized spacial score (nSPS) is 13.4. The zero-order valence-electron chi connectivity index (χ0n) is 30.8. The Bertz CT molecular complexity index is 701. The molecule has 4 nitrogen and oxygen atoms in total. The van der Waals surface area contributed by atoms with E-state index in [2.05, 4.69) is 55.6 Å². The van der Waals surface area contributed by atoms with Crippen LogP contribution in [0.25, 0.3) is 0 Å². The molecule has 2 unspecified atom stereocenters. The molecule has 1 amide bonds. The van der Waals surface area contributed by atoms with Crippen LogP contribution in [0.2, 0.25) is 0 Å². The second kappa shape index (κ2) is 38.1. The first kappa shape index (κ1) is 44.6. The fourth-order valence-electron chi connectivity index (χ4n) is 6.01. The van der Waals surface area contributed by atoms with Gasteiger partial charge in [0.25, 0.3) is 0 Å². The minimum Gasteiger partial charge on any atom is -0.394 e. The van der Waals surface area contributed by atoms with Crippen molar-refractivity contribution in [1.82, 2.24) is 5.32 Å². The van der Waals surface area contributed by atoms with Crippen molar-refractivity contribution in [2.45, 2.75) is 219 Å². The summed E-state index contributed by atoms with van der Waals surface area (Å²) in [5.74, 6) is -0.0389. The van der Waals surface area contributed by atoms with Crippen LogP contribution in [0, 0.1) is 0 Å². The van der Waals surface area contributed by atoms with Gasteiger partial charge in [-0.25, -0.2) is 0 Å². The molecule has 0 radical (unpaired) electrons. The lowest BCUT2D eigenvalue weighted by molar-refractivity contribution is -0.123. The lowest BCUT2D eigenvalue weighted by atomic mass is 10.0. The maximum atomic E-state index is 12.3. The van der Waals surface area contributed by atoms with Crippen molar-refractivity contribution >= 4 is 5.91 Å². The predicted molar refractivity (Wildman–Crippen MR) is 202 cm³/mol. The molecule has 0 aliphatic rings. The first-order valence-electron chi connectivity index (χ1n) is 20.2. The minimum atomic E-state index is -0.658. The summed E-state index contributed by atoms with van der Waals surface area (Å²) >= 11 is 0. The van der Waals surface area contributed by atoms with Crippen molar-refractivity contribution < 1.29 is 15.0 Å². The van der Waals surface area contributed by atoms with Crippen LogP contribution in [0.5, 0.6) is 0 Å². The van der Waals surface area contributed by atoms with Gasteiger partial charge in [-0.15, -0.1) is 0 Å². The van der Waals surface area contributed by atoms with Gasteiger partial charge in [-0.1, -0.05) is 185 Å². The molecule has 0 heterocycles. The van der Waals surface area contributed by atoms with Crippen molar-refractivity contribution in [2.75, 3.05) is 6.61 Å². The maximum absolute atomic E-state index is 12.3. The van der Waals surface area contributed by atoms with Crippen molar-refractivity contribution in [2.24, 2.45) is 0 Å². The van der Waals surface area contributed by atoms with E-state index in [0.717, 1.165) is 38.5 Å². The molecule has 0 aromatic rings. The van der Waals surface area contributed by atoms with E-state index < -0.39 is 12.1 Å². The summed E-state index contributed by atoms with van der Waals surface area (Å²) in [7, 11) is 0. The zero-order chi connectivity index (χ0) is 33.6. The van der Waals surface area contributed by atoms with Crippen LogP contribution in [0.3, 0.4) is 0 Å². The van der Waals surface area contributed by atoms with Gasteiger partial charge in [-0.2, -0.15) is 0 Å². The molecule has 2 atom stereocenters. The van der Waals surface area contributed by atoms with E-state index in [0.29, 0.717) is 12.8 Å². The Balaban J connectivity index is 3.52. The van der Waals surface area contributed by atoms with E-state index in [1.54, 1.807) is 0 Å². The van der Waals surface area contributed by atoms with E-state index in [1.807, 2.05) is 0 Å². The van der Waals surface area contributed by atoms with Gasteiger partial charge in [0.1, 0.15) is 0 Å². The molecule has 270 valence electrons. The zero-order valence-corrected chi connectivity index (χ0v) is 30.8. The van der Waals surface area contributed by atoms with Crippen LogP contribution < -0.4 is 5.32 Å². The van der Waals surface area contributed by atoms with Crippen molar-refractivity contribution in [3.63, 3.8) is 0 Å². The highest BCUT2D eigenvalue weighted by molar-refractivity contribution is 5.76. The Morgan fingerprint density at radius 3 is 1.33 bits per heavy atom. The first-order valence-corrected chi connectivity index (χ1v) is 20.2. The second-order valence-corrected chi connectivity index (χ2v) is 13.7. The third-order valence-electron chi connectivity index (χ3n) is 9.15. The molecular weight excluding hydrogens is 566 g/mol. The van der Waals surface area contributed by atoms with Crippen molar-refractivity contribution in [1.29, 1.82) is 0 Å². The Labute approximate surface area is 287 Å². The van der Waals surface area contributed by atoms with E-state index >= 15 is 0 Å². The second-order valence-electron chi connectivity index (χ2n) is 13.7. The molecule has 0 aromatic carbocycles. The number of hydrogen-bond donors (Lipinski definition) is 3. The van der Waals surface area contributed by atoms with Crippen LogP contribution in [0.1, 0.15) is 206 Å². The van der Waals surface area contributed by atoms with Gasteiger partial charge in [0.05, 0.1) is 18.8 Å². The fraction of sp³-hybridized carbons (Fsp3) is 0.833. The molecule has 0 rings (SSSR count). The molecule has 3 N–H and O–H groups in total. The molecule has 0 bridgehead atoms. The largest absolute Gasteiger partial charge is 0.394 e. The highest BCUT2D eigenvalue weighted by Crippen LogP contribution is 2.14. The van der Waals surface area contributed by atoms with Gasteiger partial charge in [0.15, 0.2) is 0 Å². The lowest BCUT2D eigenvalue weighted by Gasteiger charge is -2.22. The number of carbonyl (C=O) groups excluding carboxylic acids is 1. The van der Waals surface area contributed by atoms with E-state index in [-0.39, 0.29) is 12.5 Å². The Hall–Kier alpha value is -1.39. The summed E-state index contributed by atoms with van der Waals surface area (Å²) in [6.07, 6.45) is 49.3. The third kappa shape index (κ3) is 34.0. The summed E-state index contributed by atoms with van der Waals surface area (Å²) in [5, 5.41) is 23.0. The van der Waals surface area contributed by atoms with Crippen molar-refractivity contribution in [3.8, 4) is 0 Å². The summed E-state index contributed by atoms with van der Waals surface area (Å²) < 4.78 is 0. The number of amides is 1. The third-order valence-corrected chi connectivity index (χ3v) is 9.15. The van der Waals surface area contributed by atoms with Crippen LogP contribution in [0.15, 0.2) is 36.5 Å². The SMILES string of the molecule is CCCCCCC/C=C\C/C=C\C/C=C\CCCCCCCCCCCCC(=O)NC(CO)C(O)CCCCCCCCCCC. The fourth-order valence-corrected chi connectivity index (χ4v) is 6.01. The minimum absolute atomic E-state index is 0.0389. The number of rotatable bonds is 36. The van der Waals surface area contributed by atoms with Crippen LogP contribution in [-0.4, -0.2) is 34.9 Å². The van der Waals surface area contributed by atoms with E-state index in [1.165, 1.54) is 141 Å². The maximum Gasteiger partial charge on any atom is 0.220 e. The monoisotopic (exact) mass is 646 g/mol. The quantitative estimate of drug-likeness (QED) is 0.0469. The highest BCUT2D eigenvalue weighted by Gasteiger charge is 2.19. The summed E-state index contributed by atoms with van der Waals surface area (Å²) in [6, 6.07) is -0.535. The highest BCUT2D eigenvalue weighted by atomic mass is 16.3. The Morgan fingerprint density at radius 1 is 0.522 bits per heavy atom. The molecule has 46 heavy (non-hydrogen) atoms. The van der Waals surface area contributed by atoms with Gasteiger partial charge in [0, 0.05) is 6.42 Å². The molecule has 0 fully saturated rings. The van der Waals surface area contributed by atoms with Gasteiger partial charge in [-0.05, 0) is 51.4 Å². The Morgan fingerprint density at radius 2 is 0.891 bits per heavy atom. The molecule has 0 aliphatic carbocycles. The van der Waals surface area contributed by atoms with Crippen LogP contribution >= 0.6 is 0 Å². The first-order chi connectivity index (χ1) is 22.7. The summed E-state index contributed by atoms with van der Waals surface area (Å²) in [5.41, 5.74) is 0. The standard InChI is InChI=1S/C42H79NO3/c1-3-5-7-9-11-13-14-15-16-17-18-19-20-21-22-23-24-25-26-27-28-30-32-34-36-38-42(46)43-40(39-44)41(45)37-35-33-31-29-12-10-8-6-4-2/h14-15,17-18,20-21,40-41,44-45H,3-13,16,19,22-39H2,1-2H3,(H,43,46)/b15-14-,18-17-,21-20-. The molecule has 0 spiro atoms. The summed E-state index contributed by atoms with van der Waals surface area (Å²) in [6.45, 7) is 4.32. The van der Waals surface area contributed by atoms with Gasteiger partial charge in [-0.3, -0.25) is 4.79 Å². The van der Waals surface area contributed by atoms with E-state index in [9.17, 15) is 15.0 Å². The number of hydrogen-bond acceptors (Lipinski definition) is 3. The van der Waals surface area contributed by atoms with Crippen LogP contribution in [0.4, 0.5) is 0 Å². The molecular formula is C42H79NO3. The van der Waals surface area contributed by atoms with Gasteiger partial charge in [0.2, 0.25) is 5.91 Å². The Kier molecular flexibility index (Phi) is 36.9. The van der Waals surface area contributed by atoms with Gasteiger partial charge >= 0.3 is 0 Å². The topological polar surface area (TPSA) is 69.6 Å². The smallest absolute Gasteiger partial charge is 0.220 e. The average Bonchev–Trinajstić information content (AvgIpc) is 3.06. The number of aliphatic hydroxyl groups excluding tert-OH is 2. The lowest BCUT2D eigenvalue weighted by Crippen LogP contribution is -2.45. The molecule has 0 aliphatic heterocycles. The number of aliphatic hydroxyl groups is 2. The predicted octanol–water partition coefficient (Wildman–Crippen LogP) is 12.2. The average molecular weight is 646 g/mol. The van der Waals surface area contributed by atoms with E-state index in [4.69, 9.17) is 0 Å². The number of carbonyl (C=O) groups is 1. The van der Waals surface area contributed by atoms with Crippen molar-refractivity contribution in [3.05, 3.63) is 36.5 Å². The van der Waals surface area contributed by atoms with Crippen LogP contribution in [-0.2, 0) is 4.79 Å². The molecule has 4 heteroatoms. The summed E-state index contributed by atoms with van der Waals surface area (Å²) in [4.78, 5) is 12.3.